The number of halogens is 1. The summed E-state index contributed by atoms with van der Waals surface area (Å²) in [7, 11) is 0. The highest BCUT2D eigenvalue weighted by atomic mass is 79.9. The maximum Gasteiger partial charge on any atom is 0.230 e. The number of alkyl halides is 1. The summed E-state index contributed by atoms with van der Waals surface area (Å²) in [6.45, 7) is 3.99. The van der Waals surface area contributed by atoms with Gasteiger partial charge in [0.25, 0.3) is 0 Å². The Morgan fingerprint density at radius 2 is 2.00 bits per heavy atom. The molecule has 0 heterocycles. The second-order valence-corrected chi connectivity index (χ2v) is 5.78. The lowest BCUT2D eigenvalue weighted by Gasteiger charge is -2.23. The molecule has 0 aliphatic rings. The zero-order valence-corrected chi connectivity index (χ0v) is 11.9. The Labute approximate surface area is 109 Å². The fourth-order valence-electron chi connectivity index (χ4n) is 1.11. The van der Waals surface area contributed by atoms with Crippen molar-refractivity contribution in [3.8, 4) is 0 Å². The van der Waals surface area contributed by atoms with E-state index in [0.717, 1.165) is 10.2 Å². The fourth-order valence-corrected chi connectivity index (χ4v) is 1.97. The lowest BCUT2D eigenvalue weighted by Crippen LogP contribution is -2.45. The van der Waals surface area contributed by atoms with Crippen LogP contribution in [0.3, 0.4) is 0 Å². The monoisotopic (exact) mass is 301 g/mol. The lowest BCUT2D eigenvalue weighted by atomic mass is 10.1. The number of thioether (sulfide) groups is 1. The predicted molar refractivity (Wildman–Crippen MR) is 73.2 cm³/mol. The summed E-state index contributed by atoms with van der Waals surface area (Å²) in [5.74, 6) is 0.527. The fraction of sp³-hybridized carbons (Fsp3) is 0.417. The largest absolute Gasteiger partial charge is 0.350 e. The van der Waals surface area contributed by atoms with Crippen LogP contribution >= 0.6 is 27.7 Å². The number of amides is 1. The smallest absolute Gasteiger partial charge is 0.230 e. The van der Waals surface area contributed by atoms with Gasteiger partial charge in [0.2, 0.25) is 5.91 Å². The number of hydrogen-bond donors (Lipinski definition) is 1. The van der Waals surface area contributed by atoms with Gasteiger partial charge in [-0.1, -0.05) is 34.1 Å². The highest BCUT2D eigenvalue weighted by Crippen LogP contribution is 2.17. The Hall–Kier alpha value is -0.480. The van der Waals surface area contributed by atoms with Crippen molar-refractivity contribution in [1.29, 1.82) is 0 Å². The van der Waals surface area contributed by atoms with E-state index in [1.807, 2.05) is 44.2 Å². The number of rotatable bonds is 5. The molecule has 0 unspecified atom stereocenters. The molecule has 16 heavy (non-hydrogen) atoms. The molecule has 1 rings (SSSR count). The minimum absolute atomic E-state index is 0.0679. The Morgan fingerprint density at radius 3 is 2.56 bits per heavy atom. The molecule has 0 bridgehead atoms. The zero-order valence-electron chi connectivity index (χ0n) is 9.50. The second kappa shape index (κ2) is 6.30. The molecule has 0 spiro atoms. The van der Waals surface area contributed by atoms with Crippen LogP contribution in [-0.2, 0) is 4.79 Å². The minimum Gasteiger partial charge on any atom is -0.350 e. The van der Waals surface area contributed by atoms with E-state index in [9.17, 15) is 4.79 Å². The molecule has 1 N–H and O–H groups in total. The molecule has 0 fully saturated rings. The van der Waals surface area contributed by atoms with Crippen LogP contribution in [0.4, 0.5) is 0 Å². The summed E-state index contributed by atoms with van der Waals surface area (Å²) in [5, 5.41) is 3.72. The molecule has 0 saturated heterocycles. The summed E-state index contributed by atoms with van der Waals surface area (Å²) >= 11 is 4.93. The molecule has 88 valence electrons. The zero-order chi connectivity index (χ0) is 12.0. The molecular weight excluding hydrogens is 286 g/mol. The summed E-state index contributed by atoms with van der Waals surface area (Å²) < 4.78 is 0. The van der Waals surface area contributed by atoms with Crippen LogP contribution < -0.4 is 5.32 Å². The first kappa shape index (κ1) is 13.6. The summed E-state index contributed by atoms with van der Waals surface area (Å²) in [6.07, 6.45) is 0. The molecule has 4 heteroatoms. The molecule has 2 nitrogen and oxygen atoms in total. The van der Waals surface area contributed by atoms with E-state index < -0.39 is 0 Å². The summed E-state index contributed by atoms with van der Waals surface area (Å²) in [6, 6.07) is 9.94. The summed E-state index contributed by atoms with van der Waals surface area (Å²) in [5.41, 5.74) is -0.186. The van der Waals surface area contributed by atoms with E-state index in [0.29, 0.717) is 5.75 Å². The van der Waals surface area contributed by atoms with Crippen molar-refractivity contribution >= 4 is 33.6 Å². The third-order valence-corrected chi connectivity index (χ3v) is 4.34. The van der Waals surface area contributed by atoms with Gasteiger partial charge in [-0.25, -0.2) is 0 Å². The molecular formula is C12H16BrNOS. The average molecular weight is 302 g/mol. The van der Waals surface area contributed by atoms with Gasteiger partial charge >= 0.3 is 0 Å². The molecule has 0 aliphatic heterocycles. The van der Waals surface area contributed by atoms with Gasteiger partial charge < -0.3 is 5.32 Å². The van der Waals surface area contributed by atoms with Gasteiger partial charge in [-0.15, -0.1) is 11.8 Å². The highest BCUT2D eigenvalue weighted by molar-refractivity contribution is 9.09. The third kappa shape index (κ3) is 5.03. The van der Waals surface area contributed by atoms with Crippen molar-refractivity contribution in [3.05, 3.63) is 30.3 Å². The Bertz CT molecular complexity index is 340. The number of benzene rings is 1. The SMILES string of the molecule is CC(C)(CBr)NC(=O)CSc1ccccc1. The number of carbonyl (C=O) groups excluding carboxylic acids is 1. The molecule has 0 atom stereocenters. The summed E-state index contributed by atoms with van der Waals surface area (Å²) in [4.78, 5) is 12.8. The first-order valence-electron chi connectivity index (χ1n) is 5.08. The Morgan fingerprint density at radius 1 is 1.38 bits per heavy atom. The van der Waals surface area contributed by atoms with E-state index in [4.69, 9.17) is 0 Å². The molecule has 1 amide bonds. The van der Waals surface area contributed by atoms with Crippen molar-refractivity contribution in [3.63, 3.8) is 0 Å². The van der Waals surface area contributed by atoms with Gasteiger partial charge in [-0.3, -0.25) is 4.79 Å². The van der Waals surface area contributed by atoms with E-state index >= 15 is 0 Å². The minimum atomic E-state index is -0.186. The van der Waals surface area contributed by atoms with Crippen molar-refractivity contribution in [2.24, 2.45) is 0 Å². The van der Waals surface area contributed by atoms with Crippen LogP contribution in [-0.4, -0.2) is 22.5 Å². The number of hydrogen-bond acceptors (Lipinski definition) is 2. The van der Waals surface area contributed by atoms with Crippen LogP contribution in [0.15, 0.2) is 35.2 Å². The Kier molecular flexibility index (Phi) is 5.35. The van der Waals surface area contributed by atoms with Gasteiger partial charge in [-0.05, 0) is 26.0 Å². The van der Waals surface area contributed by atoms with Gasteiger partial charge in [0.1, 0.15) is 0 Å². The van der Waals surface area contributed by atoms with Gasteiger partial charge in [-0.2, -0.15) is 0 Å². The van der Waals surface area contributed by atoms with Crippen molar-refractivity contribution in [1.82, 2.24) is 5.32 Å². The van der Waals surface area contributed by atoms with E-state index in [1.54, 1.807) is 11.8 Å². The first-order chi connectivity index (χ1) is 7.53. The van der Waals surface area contributed by atoms with Crippen molar-refractivity contribution in [2.75, 3.05) is 11.1 Å². The molecule has 0 radical (unpaired) electrons. The van der Waals surface area contributed by atoms with Crippen molar-refractivity contribution < 1.29 is 4.79 Å². The molecule has 1 aromatic carbocycles. The molecule has 0 aliphatic carbocycles. The Balaban J connectivity index is 2.36. The quantitative estimate of drug-likeness (QED) is 0.669. The highest BCUT2D eigenvalue weighted by Gasteiger charge is 2.18. The maximum atomic E-state index is 11.6. The van der Waals surface area contributed by atoms with Crippen molar-refractivity contribution in [2.45, 2.75) is 24.3 Å². The normalized spacial score (nSPS) is 11.2. The van der Waals surface area contributed by atoms with Gasteiger partial charge in [0.05, 0.1) is 5.75 Å². The standard InChI is InChI=1S/C12H16BrNOS/c1-12(2,9-13)14-11(15)8-16-10-6-4-3-5-7-10/h3-7H,8-9H2,1-2H3,(H,14,15). The van der Waals surface area contributed by atoms with Crippen LogP contribution in [0.2, 0.25) is 0 Å². The second-order valence-electron chi connectivity index (χ2n) is 4.17. The predicted octanol–water partition coefficient (Wildman–Crippen LogP) is 3.07. The van der Waals surface area contributed by atoms with Gasteiger partial charge in [0, 0.05) is 15.8 Å². The van der Waals surface area contributed by atoms with Crippen LogP contribution in [0.1, 0.15) is 13.8 Å². The lowest BCUT2D eigenvalue weighted by molar-refractivity contribution is -0.119. The maximum absolute atomic E-state index is 11.6. The van der Waals surface area contributed by atoms with Crippen LogP contribution in [0.25, 0.3) is 0 Å². The average Bonchev–Trinajstić information content (AvgIpc) is 2.27. The first-order valence-corrected chi connectivity index (χ1v) is 7.19. The molecule has 0 saturated carbocycles. The third-order valence-electron chi connectivity index (χ3n) is 1.93. The molecule has 0 aromatic heterocycles. The topological polar surface area (TPSA) is 29.1 Å². The van der Waals surface area contributed by atoms with Crippen LogP contribution in [0, 0.1) is 0 Å². The van der Waals surface area contributed by atoms with Crippen LogP contribution in [0.5, 0.6) is 0 Å². The number of nitrogens with one attached hydrogen (secondary N) is 1. The molecule has 1 aromatic rings. The number of carbonyl (C=O) groups is 1. The van der Waals surface area contributed by atoms with E-state index in [2.05, 4.69) is 21.2 Å². The van der Waals surface area contributed by atoms with Gasteiger partial charge in [0.15, 0.2) is 0 Å². The van der Waals surface area contributed by atoms with E-state index in [-0.39, 0.29) is 11.4 Å². The van der Waals surface area contributed by atoms with E-state index in [1.165, 1.54) is 0 Å².